The molecule has 0 atom stereocenters. The molecular formula is C20H15BrN2O3. The van der Waals surface area contributed by atoms with Crippen LogP contribution in [-0.4, -0.2) is 17.3 Å². The lowest BCUT2D eigenvalue weighted by atomic mass is 10.1. The molecule has 0 saturated carbocycles. The van der Waals surface area contributed by atoms with Crippen molar-refractivity contribution in [2.75, 3.05) is 7.11 Å². The summed E-state index contributed by atoms with van der Waals surface area (Å²) < 4.78 is 17.6. The van der Waals surface area contributed by atoms with Gasteiger partial charge in [0.15, 0.2) is 6.61 Å². The van der Waals surface area contributed by atoms with Gasteiger partial charge < -0.3 is 13.9 Å². The molecule has 0 spiro atoms. The summed E-state index contributed by atoms with van der Waals surface area (Å²) in [7, 11) is 1.63. The van der Waals surface area contributed by atoms with Crippen LogP contribution in [0.3, 0.4) is 0 Å². The molecule has 0 amide bonds. The highest BCUT2D eigenvalue weighted by Crippen LogP contribution is 2.33. The highest BCUT2D eigenvalue weighted by atomic mass is 79.9. The van der Waals surface area contributed by atoms with Crippen LogP contribution >= 0.6 is 15.9 Å². The van der Waals surface area contributed by atoms with Crippen molar-refractivity contribution in [2.24, 2.45) is 0 Å². The van der Waals surface area contributed by atoms with E-state index >= 15 is 0 Å². The molecule has 1 heterocycles. The lowest BCUT2D eigenvalue weighted by Crippen LogP contribution is -1.96. The molecule has 0 aliphatic rings. The van der Waals surface area contributed by atoms with Crippen molar-refractivity contribution in [1.82, 2.24) is 10.2 Å². The molecule has 0 aliphatic heterocycles. The molecule has 130 valence electrons. The molecule has 4 rings (SSSR count). The molecule has 4 aromatic rings. The average Bonchev–Trinajstić information content (AvgIpc) is 3.17. The SMILES string of the molecule is COc1ccc(-c2nnc(COc3ccc4ccccc4c3Br)o2)cc1. The summed E-state index contributed by atoms with van der Waals surface area (Å²) in [6.45, 7) is 0.195. The first-order valence-corrected chi connectivity index (χ1v) is 8.81. The van der Waals surface area contributed by atoms with Crippen molar-refractivity contribution >= 4 is 26.7 Å². The Labute approximate surface area is 158 Å². The Bertz CT molecular complexity index is 1040. The van der Waals surface area contributed by atoms with Crippen molar-refractivity contribution in [3.8, 4) is 23.0 Å². The second kappa shape index (κ2) is 7.17. The minimum atomic E-state index is 0.195. The first-order valence-electron chi connectivity index (χ1n) is 8.01. The molecule has 26 heavy (non-hydrogen) atoms. The predicted molar refractivity (Wildman–Crippen MR) is 102 cm³/mol. The number of ether oxygens (including phenoxy) is 2. The van der Waals surface area contributed by atoms with E-state index < -0.39 is 0 Å². The van der Waals surface area contributed by atoms with Gasteiger partial charge in [-0.1, -0.05) is 30.3 Å². The van der Waals surface area contributed by atoms with E-state index in [2.05, 4.69) is 32.2 Å². The summed E-state index contributed by atoms with van der Waals surface area (Å²) in [5.41, 5.74) is 0.830. The van der Waals surface area contributed by atoms with Gasteiger partial charge in [-0.15, -0.1) is 10.2 Å². The largest absolute Gasteiger partial charge is 0.497 e. The third kappa shape index (κ3) is 3.28. The number of hydrogen-bond acceptors (Lipinski definition) is 5. The molecule has 0 saturated heterocycles. The Morgan fingerprint density at radius 1 is 0.962 bits per heavy atom. The van der Waals surface area contributed by atoms with Crippen molar-refractivity contribution in [3.05, 3.63) is 71.0 Å². The molecule has 0 fully saturated rings. The molecule has 0 radical (unpaired) electrons. The number of hydrogen-bond donors (Lipinski definition) is 0. The Kier molecular flexibility index (Phi) is 4.58. The fourth-order valence-electron chi connectivity index (χ4n) is 2.63. The highest BCUT2D eigenvalue weighted by Gasteiger charge is 2.11. The monoisotopic (exact) mass is 410 g/mol. The van der Waals surface area contributed by atoms with Crippen LogP contribution in [0.4, 0.5) is 0 Å². The molecule has 6 heteroatoms. The van der Waals surface area contributed by atoms with Gasteiger partial charge in [0.2, 0.25) is 5.89 Å². The lowest BCUT2D eigenvalue weighted by Gasteiger charge is -2.08. The Morgan fingerprint density at radius 3 is 2.58 bits per heavy atom. The average molecular weight is 411 g/mol. The molecular weight excluding hydrogens is 396 g/mol. The number of benzene rings is 3. The quantitative estimate of drug-likeness (QED) is 0.450. The molecule has 3 aromatic carbocycles. The highest BCUT2D eigenvalue weighted by molar-refractivity contribution is 9.10. The predicted octanol–water partition coefficient (Wildman–Crippen LogP) is 5.24. The van der Waals surface area contributed by atoms with Crippen molar-refractivity contribution in [1.29, 1.82) is 0 Å². The number of methoxy groups -OCH3 is 1. The van der Waals surface area contributed by atoms with Crippen molar-refractivity contribution in [2.45, 2.75) is 6.61 Å². The Balaban J connectivity index is 1.50. The van der Waals surface area contributed by atoms with Crippen LogP contribution in [0.25, 0.3) is 22.2 Å². The number of halogens is 1. The van der Waals surface area contributed by atoms with Gasteiger partial charge >= 0.3 is 0 Å². The Morgan fingerprint density at radius 2 is 1.77 bits per heavy atom. The minimum absolute atomic E-state index is 0.195. The summed E-state index contributed by atoms with van der Waals surface area (Å²) in [6, 6.07) is 19.5. The number of fused-ring (bicyclic) bond motifs is 1. The van der Waals surface area contributed by atoms with E-state index in [1.54, 1.807) is 7.11 Å². The minimum Gasteiger partial charge on any atom is -0.497 e. The van der Waals surface area contributed by atoms with Gasteiger partial charge in [-0.05, 0) is 57.0 Å². The first kappa shape index (κ1) is 16.6. The van der Waals surface area contributed by atoms with Crippen LogP contribution in [0.1, 0.15) is 5.89 Å². The lowest BCUT2D eigenvalue weighted by molar-refractivity contribution is 0.263. The van der Waals surface area contributed by atoms with Crippen LogP contribution in [0.2, 0.25) is 0 Å². The van der Waals surface area contributed by atoms with E-state index in [0.717, 1.165) is 32.3 Å². The molecule has 0 bridgehead atoms. The fraction of sp³-hybridized carbons (Fsp3) is 0.100. The van der Waals surface area contributed by atoms with Gasteiger partial charge in [0.05, 0.1) is 11.6 Å². The maximum absolute atomic E-state index is 5.85. The zero-order valence-electron chi connectivity index (χ0n) is 14.0. The van der Waals surface area contributed by atoms with Gasteiger partial charge in [0.25, 0.3) is 5.89 Å². The van der Waals surface area contributed by atoms with E-state index in [4.69, 9.17) is 13.9 Å². The van der Waals surface area contributed by atoms with Crippen LogP contribution in [0.15, 0.2) is 69.6 Å². The molecule has 0 aliphatic carbocycles. The summed E-state index contributed by atoms with van der Waals surface area (Å²) in [4.78, 5) is 0. The van der Waals surface area contributed by atoms with Crippen LogP contribution in [-0.2, 0) is 6.61 Å². The molecule has 1 aromatic heterocycles. The van der Waals surface area contributed by atoms with Gasteiger partial charge in [-0.25, -0.2) is 0 Å². The zero-order chi connectivity index (χ0) is 17.9. The third-order valence-corrected chi connectivity index (χ3v) is 4.80. The second-order valence-corrected chi connectivity index (χ2v) is 6.41. The summed E-state index contributed by atoms with van der Waals surface area (Å²) in [5, 5.41) is 10.4. The maximum Gasteiger partial charge on any atom is 0.254 e. The van der Waals surface area contributed by atoms with Crippen molar-refractivity contribution < 1.29 is 13.9 Å². The fourth-order valence-corrected chi connectivity index (χ4v) is 3.23. The summed E-state index contributed by atoms with van der Waals surface area (Å²) in [6.07, 6.45) is 0. The van der Waals surface area contributed by atoms with Gasteiger partial charge in [0.1, 0.15) is 11.5 Å². The van der Waals surface area contributed by atoms with E-state index in [0.29, 0.717) is 11.8 Å². The van der Waals surface area contributed by atoms with E-state index in [1.165, 1.54) is 0 Å². The van der Waals surface area contributed by atoms with E-state index in [9.17, 15) is 0 Å². The molecule has 0 N–H and O–H groups in total. The van der Waals surface area contributed by atoms with Crippen LogP contribution < -0.4 is 9.47 Å². The number of nitrogens with zero attached hydrogens (tertiary/aromatic N) is 2. The zero-order valence-corrected chi connectivity index (χ0v) is 15.6. The molecule has 5 nitrogen and oxygen atoms in total. The van der Waals surface area contributed by atoms with Gasteiger partial charge in [-0.3, -0.25) is 0 Å². The molecule has 0 unspecified atom stereocenters. The van der Waals surface area contributed by atoms with Crippen molar-refractivity contribution in [3.63, 3.8) is 0 Å². The topological polar surface area (TPSA) is 57.4 Å². The smallest absolute Gasteiger partial charge is 0.254 e. The van der Waals surface area contributed by atoms with Crippen LogP contribution in [0.5, 0.6) is 11.5 Å². The van der Waals surface area contributed by atoms with Gasteiger partial charge in [-0.2, -0.15) is 0 Å². The maximum atomic E-state index is 5.85. The van der Waals surface area contributed by atoms with Crippen LogP contribution in [0, 0.1) is 0 Å². The standard InChI is InChI=1S/C20H15BrN2O3/c1-24-15-9-6-14(7-10-15)20-23-22-18(26-20)12-25-17-11-8-13-4-2-3-5-16(13)19(17)21/h2-11H,12H2,1H3. The normalized spacial score (nSPS) is 10.8. The van der Waals surface area contributed by atoms with Gasteiger partial charge in [0, 0.05) is 5.56 Å². The second-order valence-electron chi connectivity index (χ2n) is 5.62. The third-order valence-electron chi connectivity index (χ3n) is 3.98. The summed E-state index contributed by atoms with van der Waals surface area (Å²) >= 11 is 3.61. The summed E-state index contributed by atoms with van der Waals surface area (Å²) in [5.74, 6) is 2.37. The first-order chi connectivity index (χ1) is 12.7. The number of rotatable bonds is 5. The van der Waals surface area contributed by atoms with E-state index in [1.807, 2.05) is 54.6 Å². The van der Waals surface area contributed by atoms with E-state index in [-0.39, 0.29) is 6.61 Å². The Hall–Kier alpha value is -2.86. The number of aromatic nitrogens is 2.